The Balaban J connectivity index is 1.80. The minimum atomic E-state index is -1.02. The highest BCUT2D eigenvalue weighted by Crippen LogP contribution is 2.22. The Labute approximate surface area is 162 Å². The molecule has 142 valence electrons. The Morgan fingerprint density at radius 1 is 1.18 bits per heavy atom. The highest BCUT2D eigenvalue weighted by atomic mass is 35.5. The molecule has 2 aromatic carbocycles. The van der Waals surface area contributed by atoms with E-state index in [1.807, 2.05) is 0 Å². The number of hydrogen-bond acceptors (Lipinski definition) is 5. The molecule has 10 heteroatoms. The molecule has 0 spiro atoms. The normalized spacial score (nSPS) is 10.5. The fourth-order valence-electron chi connectivity index (χ4n) is 2.40. The fraction of sp³-hybridized carbons (Fsp3) is 0.0556. The van der Waals surface area contributed by atoms with Crippen LogP contribution in [0.15, 0.2) is 59.4 Å². The topological polar surface area (TPSA) is 107 Å². The molecular weight excluding hydrogens is 391 g/mol. The third-order valence-electron chi connectivity index (χ3n) is 3.73. The van der Waals surface area contributed by atoms with Gasteiger partial charge in [0.1, 0.15) is 6.54 Å². The van der Waals surface area contributed by atoms with Crippen molar-refractivity contribution in [2.24, 2.45) is 0 Å². The van der Waals surface area contributed by atoms with E-state index in [9.17, 15) is 24.1 Å². The lowest BCUT2D eigenvalue weighted by Crippen LogP contribution is -2.29. The summed E-state index contributed by atoms with van der Waals surface area (Å²) in [6, 6.07) is 12.5. The van der Waals surface area contributed by atoms with Crippen molar-refractivity contribution in [1.29, 1.82) is 0 Å². The SMILES string of the molecule is O=C(Cn1nc(-c2ccc(Cl)cc2)ccc1=O)Nc1ccc(F)c([N+](=O)[O-])c1. The molecule has 1 amide bonds. The number of halogens is 2. The van der Waals surface area contributed by atoms with Gasteiger partial charge in [-0.3, -0.25) is 19.7 Å². The van der Waals surface area contributed by atoms with E-state index in [4.69, 9.17) is 11.6 Å². The molecule has 0 aliphatic heterocycles. The van der Waals surface area contributed by atoms with Gasteiger partial charge in [-0.2, -0.15) is 9.49 Å². The van der Waals surface area contributed by atoms with E-state index in [2.05, 4.69) is 10.4 Å². The van der Waals surface area contributed by atoms with Crippen molar-refractivity contribution in [3.8, 4) is 11.3 Å². The van der Waals surface area contributed by atoms with Gasteiger partial charge >= 0.3 is 5.69 Å². The van der Waals surface area contributed by atoms with E-state index in [0.29, 0.717) is 16.3 Å². The van der Waals surface area contributed by atoms with Crippen molar-refractivity contribution >= 4 is 28.9 Å². The molecule has 28 heavy (non-hydrogen) atoms. The van der Waals surface area contributed by atoms with Crippen LogP contribution >= 0.6 is 11.6 Å². The molecule has 0 saturated heterocycles. The van der Waals surface area contributed by atoms with Gasteiger partial charge in [0, 0.05) is 28.4 Å². The summed E-state index contributed by atoms with van der Waals surface area (Å²) < 4.78 is 14.3. The summed E-state index contributed by atoms with van der Waals surface area (Å²) in [6.07, 6.45) is 0. The van der Waals surface area contributed by atoms with Crippen LogP contribution < -0.4 is 10.9 Å². The highest BCUT2D eigenvalue weighted by molar-refractivity contribution is 6.30. The van der Waals surface area contributed by atoms with Crippen molar-refractivity contribution in [3.63, 3.8) is 0 Å². The van der Waals surface area contributed by atoms with Gasteiger partial charge in [0.25, 0.3) is 5.56 Å². The molecule has 1 N–H and O–H groups in total. The van der Waals surface area contributed by atoms with Crippen LogP contribution in [0.4, 0.5) is 15.8 Å². The molecule has 3 aromatic rings. The minimum Gasteiger partial charge on any atom is -0.324 e. The highest BCUT2D eigenvalue weighted by Gasteiger charge is 2.16. The van der Waals surface area contributed by atoms with Gasteiger partial charge in [0.15, 0.2) is 0 Å². The molecule has 1 heterocycles. The smallest absolute Gasteiger partial charge is 0.306 e. The van der Waals surface area contributed by atoms with Crippen molar-refractivity contribution in [2.75, 3.05) is 5.32 Å². The molecule has 0 unspecified atom stereocenters. The maximum atomic E-state index is 13.4. The van der Waals surface area contributed by atoms with Crippen LogP contribution in [0, 0.1) is 15.9 Å². The number of carbonyl (C=O) groups is 1. The van der Waals surface area contributed by atoms with E-state index in [1.165, 1.54) is 18.2 Å². The van der Waals surface area contributed by atoms with Gasteiger partial charge in [0.05, 0.1) is 10.6 Å². The summed E-state index contributed by atoms with van der Waals surface area (Å²) in [5.74, 6) is -1.67. The molecule has 1 aromatic heterocycles. The van der Waals surface area contributed by atoms with Crippen LogP contribution in [-0.4, -0.2) is 20.6 Å². The standard InChI is InChI=1S/C18H12ClFN4O4/c19-12-3-1-11(2-4-12)15-7-8-18(26)23(22-15)10-17(25)21-13-5-6-14(20)16(9-13)24(27)28/h1-9H,10H2,(H,21,25). The number of nitro benzene ring substituents is 1. The van der Waals surface area contributed by atoms with E-state index in [1.54, 1.807) is 24.3 Å². The third kappa shape index (κ3) is 4.38. The van der Waals surface area contributed by atoms with Crippen LogP contribution in [0.1, 0.15) is 0 Å². The predicted octanol–water partition coefficient (Wildman–Crippen LogP) is 3.25. The summed E-state index contributed by atoms with van der Waals surface area (Å²) in [4.78, 5) is 34.1. The fourth-order valence-corrected chi connectivity index (χ4v) is 2.53. The summed E-state index contributed by atoms with van der Waals surface area (Å²) in [5, 5.41) is 17.8. The number of aromatic nitrogens is 2. The number of anilines is 1. The molecule has 0 saturated carbocycles. The van der Waals surface area contributed by atoms with Crippen LogP contribution in [0.25, 0.3) is 11.3 Å². The molecular formula is C18H12ClFN4O4. The summed E-state index contributed by atoms with van der Waals surface area (Å²) in [6.45, 7) is -0.425. The molecule has 8 nitrogen and oxygen atoms in total. The lowest BCUT2D eigenvalue weighted by Gasteiger charge is -2.08. The van der Waals surface area contributed by atoms with Crippen LogP contribution in [-0.2, 0) is 11.3 Å². The number of hydrogen-bond donors (Lipinski definition) is 1. The number of carbonyl (C=O) groups excluding carboxylic acids is 1. The molecule has 0 aliphatic rings. The van der Waals surface area contributed by atoms with Crippen molar-refractivity contribution in [2.45, 2.75) is 6.54 Å². The summed E-state index contributed by atoms with van der Waals surface area (Å²) in [7, 11) is 0. The molecule has 0 radical (unpaired) electrons. The van der Waals surface area contributed by atoms with E-state index in [-0.39, 0.29) is 5.69 Å². The van der Waals surface area contributed by atoms with Crippen LogP contribution in [0.2, 0.25) is 5.02 Å². The number of rotatable bonds is 5. The Hall–Kier alpha value is -3.59. The number of benzene rings is 2. The maximum absolute atomic E-state index is 13.4. The molecule has 3 rings (SSSR count). The number of amides is 1. The third-order valence-corrected chi connectivity index (χ3v) is 3.98. The van der Waals surface area contributed by atoms with Gasteiger partial charge in [-0.25, -0.2) is 4.68 Å². The molecule has 0 fully saturated rings. The first-order valence-electron chi connectivity index (χ1n) is 7.91. The van der Waals surface area contributed by atoms with Crippen molar-refractivity contribution in [3.05, 3.63) is 85.9 Å². The van der Waals surface area contributed by atoms with Crippen LogP contribution in [0.3, 0.4) is 0 Å². The maximum Gasteiger partial charge on any atom is 0.306 e. The average Bonchev–Trinajstić information content (AvgIpc) is 2.65. The molecule has 0 atom stereocenters. The first kappa shape index (κ1) is 19.2. The Morgan fingerprint density at radius 2 is 1.89 bits per heavy atom. The lowest BCUT2D eigenvalue weighted by molar-refractivity contribution is -0.387. The van der Waals surface area contributed by atoms with E-state index in [0.717, 1.165) is 16.8 Å². The quantitative estimate of drug-likeness (QED) is 0.520. The Kier molecular flexibility index (Phi) is 5.46. The van der Waals surface area contributed by atoms with Gasteiger partial charge < -0.3 is 5.32 Å². The van der Waals surface area contributed by atoms with E-state index >= 15 is 0 Å². The lowest BCUT2D eigenvalue weighted by atomic mass is 10.1. The second-order valence-corrected chi connectivity index (χ2v) is 6.13. The minimum absolute atomic E-state index is 0.0278. The average molecular weight is 403 g/mol. The van der Waals surface area contributed by atoms with Gasteiger partial charge in [-0.15, -0.1) is 0 Å². The Bertz CT molecular complexity index is 1120. The first-order valence-corrected chi connectivity index (χ1v) is 8.29. The summed E-state index contributed by atoms with van der Waals surface area (Å²) >= 11 is 5.85. The predicted molar refractivity (Wildman–Crippen MR) is 101 cm³/mol. The zero-order chi connectivity index (χ0) is 20.3. The van der Waals surface area contributed by atoms with E-state index < -0.39 is 34.4 Å². The zero-order valence-corrected chi connectivity index (χ0v) is 14.9. The zero-order valence-electron chi connectivity index (χ0n) is 14.1. The monoisotopic (exact) mass is 402 g/mol. The van der Waals surface area contributed by atoms with Crippen molar-refractivity contribution < 1.29 is 14.1 Å². The van der Waals surface area contributed by atoms with Gasteiger partial charge in [0.2, 0.25) is 11.7 Å². The molecule has 0 bridgehead atoms. The summed E-state index contributed by atoms with van der Waals surface area (Å²) in [5.41, 5.74) is -0.0787. The van der Waals surface area contributed by atoms with Crippen LogP contribution in [0.5, 0.6) is 0 Å². The Morgan fingerprint density at radius 3 is 2.57 bits per heavy atom. The van der Waals surface area contributed by atoms with Gasteiger partial charge in [-0.05, 0) is 30.3 Å². The largest absolute Gasteiger partial charge is 0.324 e. The van der Waals surface area contributed by atoms with Crippen molar-refractivity contribution in [1.82, 2.24) is 9.78 Å². The number of nitro groups is 1. The first-order chi connectivity index (χ1) is 13.3. The second-order valence-electron chi connectivity index (χ2n) is 5.69. The second kappa shape index (κ2) is 7.97. The number of nitrogens with one attached hydrogen (secondary N) is 1. The molecule has 0 aliphatic carbocycles. The number of nitrogens with zero attached hydrogens (tertiary/aromatic N) is 3. The van der Waals surface area contributed by atoms with Gasteiger partial charge in [-0.1, -0.05) is 23.7 Å².